The Morgan fingerprint density at radius 1 is 1.30 bits per heavy atom. The average molecular weight is 302 g/mol. The molecule has 1 aliphatic rings. The molecule has 1 aliphatic heterocycles. The van der Waals surface area contributed by atoms with Crippen LogP contribution in [0.15, 0.2) is 12.1 Å². The van der Waals surface area contributed by atoms with Crippen molar-refractivity contribution in [3.05, 3.63) is 22.7 Å². The average Bonchev–Trinajstić information content (AvgIpc) is 2.45. The number of hydrogen-bond donors (Lipinski definition) is 1. The fraction of sp³-hybridized carbons (Fsp3) is 0.571. The van der Waals surface area contributed by atoms with E-state index in [1.165, 1.54) is 0 Å². The van der Waals surface area contributed by atoms with Crippen molar-refractivity contribution in [1.82, 2.24) is 4.90 Å². The molecule has 1 heterocycles. The molecule has 0 saturated carbocycles. The van der Waals surface area contributed by atoms with E-state index in [1.54, 1.807) is 7.11 Å². The molecule has 112 valence electrons. The van der Waals surface area contributed by atoms with Gasteiger partial charge < -0.3 is 19.3 Å². The predicted octanol–water partition coefficient (Wildman–Crippen LogP) is 1.55. The second kappa shape index (κ2) is 7.69. The highest BCUT2D eigenvalue weighted by atomic mass is 35.5. The van der Waals surface area contributed by atoms with E-state index >= 15 is 0 Å². The van der Waals surface area contributed by atoms with Crippen LogP contribution in [0.5, 0.6) is 11.5 Å². The van der Waals surface area contributed by atoms with Crippen LogP contribution in [0, 0.1) is 0 Å². The summed E-state index contributed by atoms with van der Waals surface area (Å²) in [5, 5.41) is 9.67. The van der Waals surface area contributed by atoms with Crippen LogP contribution in [0.3, 0.4) is 0 Å². The summed E-state index contributed by atoms with van der Waals surface area (Å²) in [5.74, 6) is 1.31. The van der Waals surface area contributed by atoms with E-state index in [0.717, 1.165) is 12.1 Å². The van der Waals surface area contributed by atoms with Gasteiger partial charge in [0.1, 0.15) is 13.2 Å². The summed E-state index contributed by atoms with van der Waals surface area (Å²) >= 11 is 6.21. The van der Waals surface area contributed by atoms with Gasteiger partial charge in [-0.2, -0.15) is 0 Å². The molecule has 5 nitrogen and oxygen atoms in total. The van der Waals surface area contributed by atoms with Crippen LogP contribution in [0.4, 0.5) is 0 Å². The summed E-state index contributed by atoms with van der Waals surface area (Å²) in [6.07, 6.45) is 0. The zero-order valence-corrected chi connectivity index (χ0v) is 12.4. The SMILES string of the molecule is COCCN(CCO)Cc1cc(Cl)c2c(c1)OCCO2. The van der Waals surface area contributed by atoms with E-state index in [4.69, 9.17) is 30.9 Å². The molecular weight excluding hydrogens is 282 g/mol. The van der Waals surface area contributed by atoms with Gasteiger partial charge in [-0.25, -0.2) is 0 Å². The van der Waals surface area contributed by atoms with Gasteiger partial charge in [0.2, 0.25) is 0 Å². The van der Waals surface area contributed by atoms with E-state index < -0.39 is 0 Å². The highest BCUT2D eigenvalue weighted by Crippen LogP contribution is 2.38. The van der Waals surface area contributed by atoms with Crippen molar-refractivity contribution in [3.63, 3.8) is 0 Å². The van der Waals surface area contributed by atoms with Gasteiger partial charge in [-0.15, -0.1) is 0 Å². The molecule has 1 aromatic carbocycles. The zero-order valence-electron chi connectivity index (χ0n) is 11.6. The molecule has 0 fully saturated rings. The summed E-state index contributed by atoms with van der Waals surface area (Å²) < 4.78 is 16.1. The van der Waals surface area contributed by atoms with Crippen LogP contribution in [-0.4, -0.2) is 56.6 Å². The first-order valence-electron chi connectivity index (χ1n) is 6.64. The van der Waals surface area contributed by atoms with Gasteiger partial charge in [-0.1, -0.05) is 11.6 Å². The number of hydrogen-bond acceptors (Lipinski definition) is 5. The Labute approximate surface area is 124 Å². The highest BCUT2D eigenvalue weighted by molar-refractivity contribution is 6.32. The minimum absolute atomic E-state index is 0.113. The summed E-state index contributed by atoms with van der Waals surface area (Å²) in [7, 11) is 1.66. The van der Waals surface area contributed by atoms with Gasteiger partial charge >= 0.3 is 0 Å². The van der Waals surface area contributed by atoms with Gasteiger partial charge in [0.25, 0.3) is 0 Å². The van der Waals surface area contributed by atoms with Crippen LogP contribution in [-0.2, 0) is 11.3 Å². The van der Waals surface area contributed by atoms with Crippen LogP contribution < -0.4 is 9.47 Å². The molecule has 0 unspecified atom stereocenters. The first-order valence-corrected chi connectivity index (χ1v) is 7.02. The lowest BCUT2D eigenvalue weighted by Crippen LogP contribution is -2.30. The van der Waals surface area contributed by atoms with Crippen molar-refractivity contribution >= 4 is 11.6 Å². The number of rotatable bonds is 7. The quantitative estimate of drug-likeness (QED) is 0.828. The number of nitrogens with zero attached hydrogens (tertiary/aromatic N) is 1. The Morgan fingerprint density at radius 3 is 2.85 bits per heavy atom. The van der Waals surface area contributed by atoms with E-state index in [9.17, 15) is 0 Å². The molecule has 2 rings (SSSR count). The smallest absolute Gasteiger partial charge is 0.179 e. The molecule has 0 radical (unpaired) electrons. The van der Waals surface area contributed by atoms with Crippen molar-refractivity contribution in [2.45, 2.75) is 6.54 Å². The van der Waals surface area contributed by atoms with Crippen molar-refractivity contribution < 1.29 is 19.3 Å². The fourth-order valence-electron chi connectivity index (χ4n) is 2.15. The lowest BCUT2D eigenvalue weighted by molar-refractivity contribution is 0.126. The number of aliphatic hydroxyl groups is 1. The predicted molar refractivity (Wildman–Crippen MR) is 76.7 cm³/mol. The molecular formula is C14H20ClNO4. The van der Waals surface area contributed by atoms with Crippen LogP contribution in [0.1, 0.15) is 5.56 Å². The molecule has 1 N–H and O–H groups in total. The molecule has 0 saturated heterocycles. The molecule has 6 heteroatoms. The largest absolute Gasteiger partial charge is 0.486 e. The minimum atomic E-state index is 0.113. The number of aliphatic hydroxyl groups excluding tert-OH is 1. The maximum absolute atomic E-state index is 9.11. The Hall–Kier alpha value is -1.01. The van der Waals surface area contributed by atoms with Gasteiger partial charge in [0.05, 0.1) is 18.2 Å². The Kier molecular flexibility index (Phi) is 5.91. The van der Waals surface area contributed by atoms with Gasteiger partial charge in [0, 0.05) is 26.7 Å². The summed E-state index contributed by atoms with van der Waals surface area (Å²) in [6, 6.07) is 3.82. The molecule has 0 amide bonds. The van der Waals surface area contributed by atoms with E-state index in [1.807, 2.05) is 12.1 Å². The first kappa shape index (κ1) is 15.4. The lowest BCUT2D eigenvalue weighted by atomic mass is 10.1. The third-order valence-electron chi connectivity index (χ3n) is 3.09. The molecule has 0 aliphatic carbocycles. The summed E-state index contributed by atoms with van der Waals surface area (Å²) in [5.41, 5.74) is 1.03. The molecule has 1 aromatic rings. The first-order chi connectivity index (χ1) is 9.74. The molecule has 0 bridgehead atoms. The maximum atomic E-state index is 9.11. The number of methoxy groups -OCH3 is 1. The van der Waals surface area contributed by atoms with Crippen molar-refractivity contribution in [1.29, 1.82) is 0 Å². The highest BCUT2D eigenvalue weighted by Gasteiger charge is 2.17. The Balaban J connectivity index is 2.09. The molecule has 20 heavy (non-hydrogen) atoms. The molecule has 0 spiro atoms. The summed E-state index contributed by atoms with van der Waals surface area (Å²) in [6.45, 7) is 3.83. The normalized spacial score (nSPS) is 13.8. The maximum Gasteiger partial charge on any atom is 0.179 e. The van der Waals surface area contributed by atoms with Crippen molar-refractivity contribution in [2.75, 3.05) is 46.6 Å². The van der Waals surface area contributed by atoms with E-state index in [2.05, 4.69) is 4.90 Å². The third kappa shape index (κ3) is 3.99. The number of halogens is 1. The monoisotopic (exact) mass is 301 g/mol. The van der Waals surface area contributed by atoms with Gasteiger partial charge in [-0.3, -0.25) is 4.90 Å². The Morgan fingerprint density at radius 2 is 2.10 bits per heavy atom. The second-order valence-corrected chi connectivity index (χ2v) is 5.00. The third-order valence-corrected chi connectivity index (χ3v) is 3.37. The van der Waals surface area contributed by atoms with Crippen LogP contribution >= 0.6 is 11.6 Å². The van der Waals surface area contributed by atoms with E-state index in [-0.39, 0.29) is 6.61 Å². The number of ether oxygens (including phenoxy) is 3. The van der Waals surface area contributed by atoms with Gasteiger partial charge in [0.15, 0.2) is 11.5 Å². The topological polar surface area (TPSA) is 51.2 Å². The Bertz CT molecular complexity index is 441. The summed E-state index contributed by atoms with van der Waals surface area (Å²) in [4.78, 5) is 2.10. The van der Waals surface area contributed by atoms with Crippen molar-refractivity contribution in [2.24, 2.45) is 0 Å². The standard InChI is InChI=1S/C14H20ClNO4/c1-18-5-3-16(2-4-17)10-11-8-12(15)14-13(9-11)19-6-7-20-14/h8-9,17H,2-7,10H2,1H3. The van der Waals surface area contributed by atoms with E-state index in [0.29, 0.717) is 49.4 Å². The fourth-order valence-corrected chi connectivity index (χ4v) is 2.43. The van der Waals surface area contributed by atoms with Crippen LogP contribution in [0.25, 0.3) is 0 Å². The van der Waals surface area contributed by atoms with Gasteiger partial charge in [-0.05, 0) is 17.7 Å². The zero-order chi connectivity index (χ0) is 14.4. The number of fused-ring (bicyclic) bond motifs is 1. The van der Waals surface area contributed by atoms with Crippen molar-refractivity contribution in [3.8, 4) is 11.5 Å². The number of benzene rings is 1. The lowest BCUT2D eigenvalue weighted by Gasteiger charge is -2.24. The second-order valence-electron chi connectivity index (χ2n) is 4.59. The molecule has 0 aromatic heterocycles. The molecule has 0 atom stereocenters. The minimum Gasteiger partial charge on any atom is -0.486 e. The van der Waals surface area contributed by atoms with Crippen LogP contribution in [0.2, 0.25) is 5.02 Å².